The van der Waals surface area contributed by atoms with E-state index in [4.69, 9.17) is 15.0 Å². The molecule has 6 nitrogen and oxygen atoms in total. The zero-order chi connectivity index (χ0) is 11.6. The number of anilines is 1. The molecule has 2 N–H and O–H groups in total. The van der Waals surface area contributed by atoms with Gasteiger partial charge < -0.3 is 19.9 Å². The lowest BCUT2D eigenvalue weighted by molar-refractivity contribution is 0.0409. The second kappa shape index (κ2) is 4.39. The van der Waals surface area contributed by atoms with Gasteiger partial charge >= 0.3 is 0 Å². The predicted octanol–water partition coefficient (Wildman–Crippen LogP) is 0.142. The van der Waals surface area contributed by atoms with Gasteiger partial charge in [0, 0.05) is 33.9 Å². The van der Waals surface area contributed by atoms with Crippen LogP contribution in [-0.4, -0.2) is 44.0 Å². The number of aromatic nitrogens is 2. The third-order valence-corrected chi connectivity index (χ3v) is 3.11. The molecule has 0 spiro atoms. The fourth-order valence-corrected chi connectivity index (χ4v) is 1.88. The van der Waals surface area contributed by atoms with Crippen LogP contribution >= 0.6 is 0 Å². The monoisotopic (exact) mass is 226 g/mol. The van der Waals surface area contributed by atoms with Gasteiger partial charge in [-0.15, -0.1) is 0 Å². The molecule has 2 rings (SSSR count). The predicted molar refractivity (Wildman–Crippen MR) is 59.4 cm³/mol. The van der Waals surface area contributed by atoms with Crippen LogP contribution in [0.25, 0.3) is 0 Å². The summed E-state index contributed by atoms with van der Waals surface area (Å²) in [5.74, 6) is 1.23. The molecule has 1 aromatic heterocycles. The minimum Gasteiger partial charge on any atom is -0.381 e. The van der Waals surface area contributed by atoms with Gasteiger partial charge in [-0.3, -0.25) is 0 Å². The Morgan fingerprint density at radius 3 is 2.56 bits per heavy atom. The van der Waals surface area contributed by atoms with Crippen LogP contribution in [0.1, 0.15) is 18.7 Å². The lowest BCUT2D eigenvalue weighted by Crippen LogP contribution is -2.41. The highest BCUT2D eigenvalue weighted by Crippen LogP contribution is 2.33. The summed E-state index contributed by atoms with van der Waals surface area (Å²) < 4.78 is 10.7. The van der Waals surface area contributed by atoms with E-state index >= 15 is 0 Å². The number of hydrogen-bond donors (Lipinski definition) is 1. The third kappa shape index (κ3) is 1.90. The number of rotatable bonds is 3. The Labute approximate surface area is 94.7 Å². The first-order valence-electron chi connectivity index (χ1n) is 5.47. The van der Waals surface area contributed by atoms with Crippen LogP contribution in [0, 0.1) is 0 Å². The van der Waals surface area contributed by atoms with E-state index in [1.807, 2.05) is 19.0 Å². The lowest BCUT2D eigenvalue weighted by atomic mass is 9.80. The molecule has 1 aliphatic rings. The average Bonchev–Trinajstić information content (AvgIpc) is 2.80. The third-order valence-electron chi connectivity index (χ3n) is 3.11. The quantitative estimate of drug-likeness (QED) is 0.790. The number of nitrogens with zero attached hydrogens (tertiary/aromatic N) is 3. The molecule has 0 atom stereocenters. The first-order valence-corrected chi connectivity index (χ1v) is 5.47. The van der Waals surface area contributed by atoms with Crippen molar-refractivity contribution in [1.29, 1.82) is 0 Å². The molecule has 0 radical (unpaired) electrons. The largest absolute Gasteiger partial charge is 0.381 e. The Hall–Kier alpha value is -1.14. The van der Waals surface area contributed by atoms with Crippen molar-refractivity contribution in [2.24, 2.45) is 5.73 Å². The summed E-state index contributed by atoms with van der Waals surface area (Å²) in [6.45, 7) is 1.93. The van der Waals surface area contributed by atoms with E-state index in [2.05, 4.69) is 10.1 Å². The van der Waals surface area contributed by atoms with Crippen molar-refractivity contribution in [1.82, 2.24) is 10.1 Å². The van der Waals surface area contributed by atoms with Crippen LogP contribution in [0.4, 0.5) is 5.95 Å². The van der Waals surface area contributed by atoms with Crippen molar-refractivity contribution >= 4 is 5.95 Å². The SMILES string of the molecule is CN(C)c1noc(C2(CN)CCOCC2)n1. The molecule has 90 valence electrons. The molecular weight excluding hydrogens is 208 g/mol. The van der Waals surface area contributed by atoms with E-state index in [9.17, 15) is 0 Å². The molecule has 0 aromatic carbocycles. The fourth-order valence-electron chi connectivity index (χ4n) is 1.88. The van der Waals surface area contributed by atoms with Crippen LogP contribution in [0.2, 0.25) is 0 Å². The highest BCUT2D eigenvalue weighted by atomic mass is 16.5. The zero-order valence-corrected chi connectivity index (χ0v) is 9.77. The maximum Gasteiger partial charge on any atom is 0.265 e. The van der Waals surface area contributed by atoms with E-state index in [1.54, 1.807) is 0 Å². The van der Waals surface area contributed by atoms with Crippen molar-refractivity contribution in [3.8, 4) is 0 Å². The average molecular weight is 226 g/mol. The van der Waals surface area contributed by atoms with Crippen LogP contribution in [-0.2, 0) is 10.2 Å². The summed E-state index contributed by atoms with van der Waals surface area (Å²) in [6.07, 6.45) is 1.69. The standard InChI is InChI=1S/C10H18N4O2/c1-14(2)9-12-8(16-13-9)10(7-11)3-5-15-6-4-10/h3-7,11H2,1-2H3. The Balaban J connectivity index is 2.25. The van der Waals surface area contributed by atoms with Gasteiger partial charge in [-0.1, -0.05) is 0 Å². The van der Waals surface area contributed by atoms with E-state index in [0.29, 0.717) is 31.6 Å². The van der Waals surface area contributed by atoms with E-state index in [0.717, 1.165) is 12.8 Å². The van der Waals surface area contributed by atoms with Crippen LogP contribution in [0.3, 0.4) is 0 Å². The molecule has 0 amide bonds. The van der Waals surface area contributed by atoms with Gasteiger partial charge in [-0.2, -0.15) is 4.98 Å². The second-order valence-corrected chi connectivity index (χ2v) is 4.39. The van der Waals surface area contributed by atoms with Gasteiger partial charge in [0.25, 0.3) is 5.95 Å². The van der Waals surface area contributed by atoms with Crippen molar-refractivity contribution in [3.63, 3.8) is 0 Å². The molecule has 1 fully saturated rings. The molecular formula is C10H18N4O2. The molecule has 0 saturated carbocycles. The summed E-state index contributed by atoms with van der Waals surface area (Å²) in [7, 11) is 3.77. The smallest absolute Gasteiger partial charge is 0.265 e. The second-order valence-electron chi connectivity index (χ2n) is 4.39. The summed E-state index contributed by atoms with van der Waals surface area (Å²) in [6, 6.07) is 0. The summed E-state index contributed by atoms with van der Waals surface area (Å²) in [5.41, 5.74) is 5.66. The normalized spacial score (nSPS) is 19.7. The zero-order valence-electron chi connectivity index (χ0n) is 9.77. The minimum absolute atomic E-state index is 0.195. The molecule has 1 aliphatic heterocycles. The van der Waals surface area contributed by atoms with Crippen LogP contribution in [0.15, 0.2) is 4.52 Å². The van der Waals surface area contributed by atoms with Crippen molar-refractivity contribution in [2.45, 2.75) is 18.3 Å². The molecule has 2 heterocycles. The van der Waals surface area contributed by atoms with Crippen molar-refractivity contribution < 1.29 is 9.26 Å². The van der Waals surface area contributed by atoms with Crippen LogP contribution in [0.5, 0.6) is 0 Å². The molecule has 1 aromatic rings. The summed E-state index contributed by atoms with van der Waals surface area (Å²) in [5, 5.41) is 3.93. The van der Waals surface area contributed by atoms with Crippen molar-refractivity contribution in [2.75, 3.05) is 38.8 Å². The van der Waals surface area contributed by atoms with E-state index in [1.165, 1.54) is 0 Å². The molecule has 0 unspecified atom stereocenters. The first-order chi connectivity index (χ1) is 7.68. The molecule has 16 heavy (non-hydrogen) atoms. The first kappa shape index (κ1) is 11.3. The summed E-state index contributed by atoms with van der Waals surface area (Å²) >= 11 is 0. The Morgan fingerprint density at radius 2 is 2.06 bits per heavy atom. The van der Waals surface area contributed by atoms with E-state index in [-0.39, 0.29) is 5.41 Å². The maximum absolute atomic E-state index is 5.86. The van der Waals surface area contributed by atoms with E-state index < -0.39 is 0 Å². The van der Waals surface area contributed by atoms with Gasteiger partial charge in [0.2, 0.25) is 5.89 Å². The molecule has 1 saturated heterocycles. The van der Waals surface area contributed by atoms with Gasteiger partial charge in [-0.05, 0) is 18.0 Å². The Bertz CT molecular complexity index is 344. The molecule has 0 bridgehead atoms. The van der Waals surface area contributed by atoms with Gasteiger partial charge in [0.15, 0.2) is 0 Å². The summed E-state index contributed by atoms with van der Waals surface area (Å²) in [4.78, 5) is 6.21. The minimum atomic E-state index is -0.195. The van der Waals surface area contributed by atoms with Gasteiger partial charge in [0.05, 0.1) is 5.41 Å². The lowest BCUT2D eigenvalue weighted by Gasteiger charge is -2.32. The van der Waals surface area contributed by atoms with Gasteiger partial charge in [-0.25, -0.2) is 0 Å². The highest BCUT2D eigenvalue weighted by molar-refractivity contribution is 5.25. The highest BCUT2D eigenvalue weighted by Gasteiger charge is 2.38. The maximum atomic E-state index is 5.86. The van der Waals surface area contributed by atoms with Crippen molar-refractivity contribution in [3.05, 3.63) is 5.89 Å². The van der Waals surface area contributed by atoms with Gasteiger partial charge in [0.1, 0.15) is 0 Å². The number of nitrogens with two attached hydrogens (primary N) is 1. The fraction of sp³-hybridized carbons (Fsp3) is 0.800. The number of ether oxygens (including phenoxy) is 1. The topological polar surface area (TPSA) is 77.4 Å². The van der Waals surface area contributed by atoms with Crippen LogP contribution < -0.4 is 10.6 Å². The Morgan fingerprint density at radius 1 is 1.38 bits per heavy atom. The Kier molecular flexibility index (Phi) is 3.11. The molecule has 6 heteroatoms. The number of hydrogen-bond acceptors (Lipinski definition) is 6. The molecule has 0 aliphatic carbocycles.